The van der Waals surface area contributed by atoms with Crippen molar-refractivity contribution in [3.8, 4) is 6.07 Å². The van der Waals surface area contributed by atoms with Crippen molar-refractivity contribution in [1.82, 2.24) is 4.98 Å². The van der Waals surface area contributed by atoms with Gasteiger partial charge in [0.2, 0.25) is 0 Å². The smallest absolute Gasteiger partial charge is 0.148 e. The summed E-state index contributed by atoms with van der Waals surface area (Å²) in [6.07, 6.45) is 1.74. The van der Waals surface area contributed by atoms with E-state index in [1.165, 1.54) is 5.56 Å². The van der Waals surface area contributed by atoms with E-state index in [0.29, 0.717) is 18.8 Å². The number of nitrogens with one attached hydrogen (secondary N) is 1. The van der Waals surface area contributed by atoms with Gasteiger partial charge in [0.1, 0.15) is 17.5 Å². The highest BCUT2D eigenvalue weighted by molar-refractivity contribution is 5.73. The Morgan fingerprint density at radius 1 is 1.18 bits per heavy atom. The van der Waals surface area contributed by atoms with Gasteiger partial charge in [-0.2, -0.15) is 5.26 Å². The summed E-state index contributed by atoms with van der Waals surface area (Å²) in [5.41, 5.74) is 3.52. The van der Waals surface area contributed by atoms with Crippen molar-refractivity contribution in [3.05, 3.63) is 47.7 Å². The average Bonchev–Trinajstić information content (AvgIpc) is 2.57. The van der Waals surface area contributed by atoms with E-state index in [9.17, 15) is 5.26 Å². The SMILES string of the molecule is Cc1ccc(Nc2ccnc(N3CCOCC3)c2C#N)cc1. The van der Waals surface area contributed by atoms with Crippen LogP contribution in [0.2, 0.25) is 0 Å². The Balaban J connectivity index is 1.91. The fourth-order valence-electron chi connectivity index (χ4n) is 2.47. The fraction of sp³-hybridized carbons (Fsp3) is 0.294. The Morgan fingerprint density at radius 2 is 1.91 bits per heavy atom. The van der Waals surface area contributed by atoms with Gasteiger partial charge >= 0.3 is 0 Å². The number of rotatable bonds is 3. The first kappa shape index (κ1) is 14.4. The number of anilines is 3. The second-order valence-corrected chi connectivity index (χ2v) is 5.26. The molecule has 1 aromatic heterocycles. The van der Waals surface area contributed by atoms with Crippen molar-refractivity contribution < 1.29 is 4.74 Å². The molecular weight excluding hydrogens is 276 g/mol. The summed E-state index contributed by atoms with van der Waals surface area (Å²) in [6.45, 7) is 4.91. The van der Waals surface area contributed by atoms with Crippen molar-refractivity contribution in [3.63, 3.8) is 0 Å². The summed E-state index contributed by atoms with van der Waals surface area (Å²) in [4.78, 5) is 6.50. The van der Waals surface area contributed by atoms with Crippen molar-refractivity contribution in [2.75, 3.05) is 36.5 Å². The molecule has 0 unspecified atom stereocenters. The molecule has 3 rings (SSSR count). The molecule has 112 valence electrons. The van der Waals surface area contributed by atoms with Crippen molar-refractivity contribution in [1.29, 1.82) is 5.26 Å². The van der Waals surface area contributed by atoms with E-state index in [2.05, 4.69) is 21.3 Å². The van der Waals surface area contributed by atoms with Crippen LogP contribution in [0.5, 0.6) is 0 Å². The van der Waals surface area contributed by atoms with Crippen LogP contribution in [0.25, 0.3) is 0 Å². The Kier molecular flexibility index (Phi) is 4.22. The third kappa shape index (κ3) is 3.02. The average molecular weight is 294 g/mol. The highest BCUT2D eigenvalue weighted by Gasteiger charge is 2.18. The standard InChI is InChI=1S/C17H18N4O/c1-13-2-4-14(5-3-13)20-16-6-7-19-17(15(16)12-18)21-8-10-22-11-9-21/h2-7H,8-11H2,1H3,(H,19,20). The zero-order chi connectivity index (χ0) is 15.4. The molecule has 5 heteroatoms. The number of morpholine rings is 1. The Morgan fingerprint density at radius 3 is 2.59 bits per heavy atom. The lowest BCUT2D eigenvalue weighted by atomic mass is 10.2. The quantitative estimate of drug-likeness (QED) is 0.943. The molecular formula is C17H18N4O. The van der Waals surface area contributed by atoms with Gasteiger partial charge in [0.25, 0.3) is 0 Å². The maximum Gasteiger partial charge on any atom is 0.148 e. The van der Waals surface area contributed by atoms with E-state index in [1.807, 2.05) is 37.3 Å². The lowest BCUT2D eigenvalue weighted by molar-refractivity contribution is 0.122. The highest BCUT2D eigenvalue weighted by atomic mass is 16.5. The number of hydrogen-bond donors (Lipinski definition) is 1. The molecule has 1 N–H and O–H groups in total. The van der Waals surface area contributed by atoms with Crippen LogP contribution in [0, 0.1) is 18.3 Å². The van der Waals surface area contributed by atoms with Gasteiger partial charge in [-0.25, -0.2) is 4.98 Å². The second kappa shape index (κ2) is 6.46. The zero-order valence-corrected chi connectivity index (χ0v) is 12.5. The number of hydrogen-bond acceptors (Lipinski definition) is 5. The first-order valence-corrected chi connectivity index (χ1v) is 7.33. The summed E-state index contributed by atoms with van der Waals surface area (Å²) < 4.78 is 5.36. The summed E-state index contributed by atoms with van der Waals surface area (Å²) >= 11 is 0. The van der Waals surface area contributed by atoms with Gasteiger partial charge in [-0.05, 0) is 25.1 Å². The fourth-order valence-corrected chi connectivity index (χ4v) is 2.47. The van der Waals surface area contributed by atoms with Crippen molar-refractivity contribution in [2.24, 2.45) is 0 Å². The van der Waals surface area contributed by atoms with Gasteiger partial charge in [-0.3, -0.25) is 0 Å². The number of benzene rings is 1. The molecule has 1 aliphatic rings. The third-order valence-corrected chi connectivity index (χ3v) is 3.68. The topological polar surface area (TPSA) is 61.2 Å². The van der Waals surface area contributed by atoms with Crippen LogP contribution in [0.1, 0.15) is 11.1 Å². The van der Waals surface area contributed by atoms with E-state index < -0.39 is 0 Å². The minimum Gasteiger partial charge on any atom is -0.378 e. The molecule has 1 aromatic carbocycles. The molecule has 2 heterocycles. The number of nitriles is 1. The summed E-state index contributed by atoms with van der Waals surface area (Å²) in [7, 11) is 0. The van der Waals surface area contributed by atoms with Crippen LogP contribution in [0.4, 0.5) is 17.2 Å². The van der Waals surface area contributed by atoms with E-state index in [0.717, 1.165) is 30.3 Å². The molecule has 0 saturated carbocycles. The molecule has 0 atom stereocenters. The van der Waals surface area contributed by atoms with E-state index in [-0.39, 0.29) is 0 Å². The highest BCUT2D eigenvalue weighted by Crippen LogP contribution is 2.27. The van der Waals surface area contributed by atoms with Gasteiger partial charge in [0, 0.05) is 25.0 Å². The van der Waals surface area contributed by atoms with Crippen LogP contribution in [-0.4, -0.2) is 31.3 Å². The van der Waals surface area contributed by atoms with Crippen LogP contribution >= 0.6 is 0 Å². The molecule has 1 aliphatic heterocycles. The minimum atomic E-state index is 0.574. The largest absolute Gasteiger partial charge is 0.378 e. The van der Waals surface area contributed by atoms with Crippen LogP contribution < -0.4 is 10.2 Å². The Bertz CT molecular complexity index is 685. The van der Waals surface area contributed by atoms with Crippen molar-refractivity contribution in [2.45, 2.75) is 6.92 Å². The summed E-state index contributed by atoms with van der Waals surface area (Å²) in [5, 5.41) is 12.9. The van der Waals surface area contributed by atoms with E-state index >= 15 is 0 Å². The number of nitrogens with zero attached hydrogens (tertiary/aromatic N) is 3. The van der Waals surface area contributed by atoms with Gasteiger partial charge in [-0.15, -0.1) is 0 Å². The van der Waals surface area contributed by atoms with Gasteiger partial charge < -0.3 is 15.0 Å². The molecule has 1 fully saturated rings. The molecule has 5 nitrogen and oxygen atoms in total. The van der Waals surface area contributed by atoms with Crippen LogP contribution in [-0.2, 0) is 4.74 Å². The first-order chi connectivity index (χ1) is 10.8. The number of aromatic nitrogens is 1. The maximum absolute atomic E-state index is 9.56. The molecule has 0 radical (unpaired) electrons. The van der Waals surface area contributed by atoms with Crippen LogP contribution in [0.15, 0.2) is 36.5 Å². The Labute approximate surface area is 130 Å². The zero-order valence-electron chi connectivity index (χ0n) is 12.5. The minimum absolute atomic E-state index is 0.574. The van der Waals surface area contributed by atoms with E-state index in [4.69, 9.17) is 4.74 Å². The molecule has 0 bridgehead atoms. The van der Waals surface area contributed by atoms with Gasteiger partial charge in [-0.1, -0.05) is 17.7 Å². The number of pyridine rings is 1. The summed E-state index contributed by atoms with van der Waals surface area (Å²) in [5.74, 6) is 0.725. The molecule has 2 aromatic rings. The normalized spacial score (nSPS) is 14.5. The summed E-state index contributed by atoms with van der Waals surface area (Å²) in [6, 6.07) is 12.2. The lowest BCUT2D eigenvalue weighted by Crippen LogP contribution is -2.37. The predicted molar refractivity (Wildman–Crippen MR) is 86.4 cm³/mol. The van der Waals surface area contributed by atoms with Crippen LogP contribution in [0.3, 0.4) is 0 Å². The molecule has 0 amide bonds. The first-order valence-electron chi connectivity index (χ1n) is 7.33. The lowest BCUT2D eigenvalue weighted by Gasteiger charge is -2.28. The van der Waals surface area contributed by atoms with Gasteiger partial charge in [0.05, 0.1) is 18.9 Å². The molecule has 0 aliphatic carbocycles. The number of aryl methyl sites for hydroxylation is 1. The Hall–Kier alpha value is -2.58. The van der Waals surface area contributed by atoms with Crippen molar-refractivity contribution >= 4 is 17.2 Å². The molecule has 0 spiro atoms. The molecule has 22 heavy (non-hydrogen) atoms. The third-order valence-electron chi connectivity index (χ3n) is 3.68. The number of ether oxygens (including phenoxy) is 1. The second-order valence-electron chi connectivity index (χ2n) is 5.26. The monoisotopic (exact) mass is 294 g/mol. The predicted octanol–water partition coefficient (Wildman–Crippen LogP) is 2.84. The molecule has 1 saturated heterocycles. The van der Waals surface area contributed by atoms with E-state index in [1.54, 1.807) is 6.20 Å². The van der Waals surface area contributed by atoms with Gasteiger partial charge in [0.15, 0.2) is 0 Å². The maximum atomic E-state index is 9.56.